The zero-order chi connectivity index (χ0) is 25.1. The fraction of sp³-hybridized carbons (Fsp3) is 0.762. The maximum absolute atomic E-state index is 13.3. The lowest BCUT2D eigenvalue weighted by molar-refractivity contribution is -0.145. The van der Waals surface area contributed by atoms with Gasteiger partial charge in [-0.2, -0.15) is 0 Å². The highest BCUT2D eigenvalue weighted by molar-refractivity contribution is 5.95. The van der Waals surface area contributed by atoms with Gasteiger partial charge in [0.2, 0.25) is 23.6 Å². The molecule has 4 atom stereocenters. The normalized spacial score (nSPS) is 18.5. The fourth-order valence-corrected chi connectivity index (χ4v) is 3.80. The molecular weight excluding hydrogens is 432 g/mol. The molecule has 4 amide bonds. The van der Waals surface area contributed by atoms with Gasteiger partial charge in [0, 0.05) is 6.54 Å². The van der Waals surface area contributed by atoms with Gasteiger partial charge in [0.05, 0.1) is 12.5 Å². The van der Waals surface area contributed by atoms with Crippen molar-refractivity contribution in [3.8, 4) is 0 Å². The highest BCUT2D eigenvalue weighted by Gasteiger charge is 2.39. The number of nitrogens with two attached hydrogens (primary N) is 3. The zero-order valence-corrected chi connectivity index (χ0v) is 19.4. The van der Waals surface area contributed by atoms with Crippen LogP contribution in [0.5, 0.6) is 0 Å². The third-order valence-electron chi connectivity index (χ3n) is 5.48. The molecular formula is C21H38N6O6. The first-order chi connectivity index (χ1) is 15.5. The predicted octanol–water partition coefficient (Wildman–Crippen LogP) is -1.59. The summed E-state index contributed by atoms with van der Waals surface area (Å²) >= 11 is 0. The number of carboxylic acid groups (broad SMARTS) is 1. The average Bonchev–Trinajstić information content (AvgIpc) is 3.21. The van der Waals surface area contributed by atoms with Crippen LogP contribution in [0.4, 0.5) is 0 Å². The first-order valence-electron chi connectivity index (χ1n) is 11.4. The van der Waals surface area contributed by atoms with Gasteiger partial charge in [-0.15, -0.1) is 0 Å². The van der Waals surface area contributed by atoms with E-state index in [1.807, 2.05) is 13.8 Å². The zero-order valence-electron chi connectivity index (χ0n) is 19.4. The van der Waals surface area contributed by atoms with Crippen LogP contribution in [-0.2, 0) is 24.0 Å². The van der Waals surface area contributed by atoms with Gasteiger partial charge in [0.15, 0.2) is 0 Å². The molecule has 1 rings (SSSR count). The van der Waals surface area contributed by atoms with Crippen molar-refractivity contribution in [3.63, 3.8) is 0 Å². The van der Waals surface area contributed by atoms with Crippen molar-refractivity contribution < 1.29 is 29.1 Å². The Balaban J connectivity index is 2.94. The van der Waals surface area contributed by atoms with E-state index in [4.69, 9.17) is 17.2 Å². The van der Waals surface area contributed by atoms with Crippen molar-refractivity contribution in [2.45, 2.75) is 83.0 Å². The van der Waals surface area contributed by atoms with Gasteiger partial charge in [-0.05, 0) is 51.0 Å². The van der Waals surface area contributed by atoms with Crippen molar-refractivity contribution >= 4 is 29.6 Å². The molecule has 0 saturated carbocycles. The molecule has 0 aliphatic carbocycles. The number of hydrogen-bond acceptors (Lipinski definition) is 7. The van der Waals surface area contributed by atoms with Crippen molar-refractivity contribution in [1.82, 2.24) is 15.5 Å². The molecule has 188 valence electrons. The van der Waals surface area contributed by atoms with E-state index in [1.165, 1.54) is 4.90 Å². The molecule has 1 fully saturated rings. The van der Waals surface area contributed by atoms with Gasteiger partial charge < -0.3 is 37.8 Å². The van der Waals surface area contributed by atoms with E-state index in [1.54, 1.807) is 0 Å². The molecule has 9 N–H and O–H groups in total. The third-order valence-corrected chi connectivity index (χ3v) is 5.48. The van der Waals surface area contributed by atoms with E-state index in [0.29, 0.717) is 38.8 Å². The van der Waals surface area contributed by atoms with Crippen molar-refractivity contribution in [2.75, 3.05) is 13.1 Å². The number of nitrogens with one attached hydrogen (secondary N) is 2. The minimum absolute atomic E-state index is 0.0551. The lowest BCUT2D eigenvalue weighted by atomic mass is 10.0. The Kier molecular flexibility index (Phi) is 11.8. The first kappa shape index (κ1) is 28.3. The lowest BCUT2D eigenvalue weighted by Gasteiger charge is -2.30. The molecule has 1 saturated heterocycles. The van der Waals surface area contributed by atoms with Crippen molar-refractivity contribution in [3.05, 3.63) is 0 Å². The number of aliphatic carboxylic acids is 1. The molecule has 1 heterocycles. The van der Waals surface area contributed by atoms with Crippen LogP contribution >= 0.6 is 0 Å². The molecule has 1 aliphatic rings. The standard InChI is InChI=1S/C21H38N6O6/c1-12(2)10-15(21(32)33)26-19(30)16-7-5-9-27(16)20(31)14(6-3-4-8-22)25-18(29)13(23)11-17(24)28/h12-16H,3-11,22-23H2,1-2H3,(H2,24,28)(H,25,29)(H,26,30)(H,32,33). The summed E-state index contributed by atoms with van der Waals surface area (Å²) in [6.45, 7) is 4.42. The van der Waals surface area contributed by atoms with Crippen molar-refractivity contribution in [2.24, 2.45) is 23.1 Å². The van der Waals surface area contributed by atoms with Gasteiger partial charge >= 0.3 is 5.97 Å². The van der Waals surface area contributed by atoms with Crippen molar-refractivity contribution in [1.29, 1.82) is 0 Å². The Morgan fingerprint density at radius 1 is 1.09 bits per heavy atom. The van der Waals surface area contributed by atoms with E-state index in [-0.39, 0.29) is 25.2 Å². The Labute approximate surface area is 194 Å². The molecule has 12 nitrogen and oxygen atoms in total. The maximum atomic E-state index is 13.3. The Morgan fingerprint density at radius 2 is 1.76 bits per heavy atom. The van der Waals surface area contributed by atoms with Gasteiger partial charge in [0.1, 0.15) is 18.1 Å². The number of carbonyl (C=O) groups excluding carboxylic acids is 4. The van der Waals surface area contributed by atoms with Gasteiger partial charge in [0.25, 0.3) is 0 Å². The van der Waals surface area contributed by atoms with Crippen LogP contribution in [0.3, 0.4) is 0 Å². The average molecular weight is 471 g/mol. The Bertz CT molecular complexity index is 715. The quantitative estimate of drug-likeness (QED) is 0.162. The summed E-state index contributed by atoms with van der Waals surface area (Å²) in [7, 11) is 0. The number of likely N-dealkylation sites (tertiary alicyclic amines) is 1. The summed E-state index contributed by atoms with van der Waals surface area (Å²) in [6, 6.07) is -4.04. The molecule has 0 aromatic carbocycles. The molecule has 0 aromatic heterocycles. The molecule has 4 unspecified atom stereocenters. The number of carbonyl (C=O) groups is 5. The van der Waals surface area contributed by atoms with Crippen LogP contribution in [0.15, 0.2) is 0 Å². The summed E-state index contributed by atoms with van der Waals surface area (Å²) in [5, 5.41) is 14.5. The summed E-state index contributed by atoms with van der Waals surface area (Å²) in [6.07, 6.45) is 2.31. The second kappa shape index (κ2) is 13.7. The number of carboxylic acids is 1. The Hall–Kier alpha value is -2.73. The molecule has 0 aromatic rings. The van der Waals surface area contributed by atoms with Gasteiger partial charge in [-0.25, -0.2) is 4.79 Å². The lowest BCUT2D eigenvalue weighted by Crippen LogP contribution is -2.57. The molecule has 0 spiro atoms. The number of unbranched alkanes of at least 4 members (excludes halogenated alkanes) is 1. The number of hydrogen-bond donors (Lipinski definition) is 6. The number of amides is 4. The summed E-state index contributed by atoms with van der Waals surface area (Å²) in [5.41, 5.74) is 16.3. The first-order valence-corrected chi connectivity index (χ1v) is 11.4. The van der Waals surface area contributed by atoms with Crippen LogP contribution in [-0.4, -0.2) is 76.9 Å². The van der Waals surface area contributed by atoms with E-state index in [2.05, 4.69) is 10.6 Å². The highest BCUT2D eigenvalue weighted by Crippen LogP contribution is 2.20. The molecule has 0 bridgehead atoms. The molecule has 1 aliphatic heterocycles. The monoisotopic (exact) mass is 470 g/mol. The number of primary amides is 1. The van der Waals surface area contributed by atoms with Crippen LogP contribution < -0.4 is 27.8 Å². The molecule has 0 radical (unpaired) electrons. The van der Waals surface area contributed by atoms with Gasteiger partial charge in [-0.1, -0.05) is 13.8 Å². The minimum Gasteiger partial charge on any atom is -0.480 e. The van der Waals surface area contributed by atoms with E-state index in [0.717, 1.165) is 0 Å². The van der Waals surface area contributed by atoms with Crippen LogP contribution in [0, 0.1) is 5.92 Å². The van der Waals surface area contributed by atoms with Gasteiger partial charge in [-0.3, -0.25) is 19.2 Å². The van der Waals surface area contributed by atoms with E-state index >= 15 is 0 Å². The number of rotatable bonds is 14. The third kappa shape index (κ3) is 9.34. The summed E-state index contributed by atoms with van der Waals surface area (Å²) in [4.78, 5) is 62.5. The summed E-state index contributed by atoms with van der Waals surface area (Å²) in [5.74, 6) is -3.51. The summed E-state index contributed by atoms with van der Waals surface area (Å²) < 4.78 is 0. The topological polar surface area (TPSA) is 211 Å². The van der Waals surface area contributed by atoms with Crippen LogP contribution in [0.2, 0.25) is 0 Å². The minimum atomic E-state index is -1.20. The maximum Gasteiger partial charge on any atom is 0.326 e. The number of nitrogens with zero attached hydrogens (tertiary/aromatic N) is 1. The van der Waals surface area contributed by atoms with Crippen LogP contribution in [0.25, 0.3) is 0 Å². The predicted molar refractivity (Wildman–Crippen MR) is 120 cm³/mol. The fourth-order valence-electron chi connectivity index (χ4n) is 3.80. The highest BCUT2D eigenvalue weighted by atomic mass is 16.4. The smallest absolute Gasteiger partial charge is 0.326 e. The Morgan fingerprint density at radius 3 is 2.30 bits per heavy atom. The second-order valence-corrected chi connectivity index (χ2v) is 8.84. The molecule has 12 heteroatoms. The van der Waals surface area contributed by atoms with E-state index < -0.39 is 53.8 Å². The van der Waals surface area contributed by atoms with Crippen LogP contribution in [0.1, 0.15) is 58.8 Å². The molecule has 33 heavy (non-hydrogen) atoms. The van der Waals surface area contributed by atoms with E-state index in [9.17, 15) is 29.1 Å². The second-order valence-electron chi connectivity index (χ2n) is 8.84. The SMILES string of the molecule is CC(C)CC(NC(=O)C1CCCN1C(=O)C(CCCCN)NC(=O)C(N)CC(N)=O)C(=O)O. The largest absolute Gasteiger partial charge is 0.480 e.